The monoisotopic (exact) mass is 737 g/mol. The van der Waals surface area contributed by atoms with Crippen molar-refractivity contribution < 1.29 is 0 Å². The minimum Gasteiger partial charge on any atom is -0.308 e. The van der Waals surface area contributed by atoms with Crippen molar-refractivity contribution in [3.8, 4) is 50.7 Å². The average Bonchev–Trinajstić information content (AvgIpc) is 3.62. The molecule has 0 unspecified atom stereocenters. The summed E-state index contributed by atoms with van der Waals surface area (Å²) in [6.45, 7) is 0. The standard InChI is InChI=1S/C50H31N3S2/c1-3-14-33(15-4-1)41-31-42(52-50(51-41)34-16-5-2-6-17-34)36-19-13-18-35(30-36)32-26-28-37(29-27-32)53-43-23-10-9-22-40(43)46-38-20-7-8-21-39(38)48-49(47(46)53)55-45-25-12-11-24-44(45)54-48/h1-31H. The molecule has 0 spiro atoms. The van der Waals surface area contributed by atoms with E-state index in [1.807, 2.05) is 47.8 Å². The van der Waals surface area contributed by atoms with Gasteiger partial charge in [0.05, 0.1) is 27.3 Å². The van der Waals surface area contributed by atoms with Crippen LogP contribution < -0.4 is 0 Å². The van der Waals surface area contributed by atoms with Crippen molar-refractivity contribution in [2.24, 2.45) is 0 Å². The van der Waals surface area contributed by atoms with Gasteiger partial charge in [-0.2, -0.15) is 0 Å². The van der Waals surface area contributed by atoms with Gasteiger partial charge >= 0.3 is 0 Å². The molecule has 3 nitrogen and oxygen atoms in total. The number of para-hydroxylation sites is 1. The molecule has 0 saturated heterocycles. The van der Waals surface area contributed by atoms with Crippen LogP contribution in [-0.2, 0) is 0 Å². The van der Waals surface area contributed by atoms with Gasteiger partial charge in [0.2, 0.25) is 0 Å². The lowest BCUT2D eigenvalue weighted by Crippen LogP contribution is -1.99. The summed E-state index contributed by atoms with van der Waals surface area (Å²) in [4.78, 5) is 15.4. The Morgan fingerprint density at radius 3 is 1.69 bits per heavy atom. The molecule has 2 aromatic heterocycles. The van der Waals surface area contributed by atoms with E-state index in [0.717, 1.165) is 44.9 Å². The van der Waals surface area contributed by atoms with Crippen LogP contribution in [0.15, 0.2) is 208 Å². The van der Waals surface area contributed by atoms with Crippen molar-refractivity contribution in [3.63, 3.8) is 0 Å². The third kappa shape index (κ3) is 5.46. The summed E-state index contributed by atoms with van der Waals surface area (Å²) in [5.41, 5.74) is 10.8. The fraction of sp³-hybridized carbons (Fsp3) is 0. The molecular weight excluding hydrogens is 707 g/mol. The molecule has 0 radical (unpaired) electrons. The van der Waals surface area contributed by atoms with E-state index < -0.39 is 0 Å². The molecule has 0 N–H and O–H groups in total. The lowest BCUT2D eigenvalue weighted by molar-refractivity contribution is 1.12. The first-order valence-corrected chi connectivity index (χ1v) is 20.0. The van der Waals surface area contributed by atoms with E-state index in [4.69, 9.17) is 9.97 Å². The summed E-state index contributed by atoms with van der Waals surface area (Å²) in [6, 6.07) is 67.0. The quantitative estimate of drug-likeness (QED) is 0.176. The fourth-order valence-electron chi connectivity index (χ4n) is 7.89. The van der Waals surface area contributed by atoms with E-state index in [1.54, 1.807) is 0 Å². The largest absolute Gasteiger partial charge is 0.308 e. The number of aromatic nitrogens is 3. The highest BCUT2D eigenvalue weighted by Gasteiger charge is 2.27. The van der Waals surface area contributed by atoms with Crippen molar-refractivity contribution in [1.82, 2.24) is 14.5 Å². The van der Waals surface area contributed by atoms with E-state index >= 15 is 0 Å². The second-order valence-corrected chi connectivity index (χ2v) is 15.9. The molecule has 0 atom stereocenters. The van der Waals surface area contributed by atoms with Gasteiger partial charge in [-0.1, -0.05) is 169 Å². The Balaban J connectivity index is 1.04. The molecule has 3 heterocycles. The first-order chi connectivity index (χ1) is 27.3. The minimum atomic E-state index is 0.716. The van der Waals surface area contributed by atoms with Crippen LogP contribution in [0.2, 0.25) is 0 Å². The maximum absolute atomic E-state index is 5.09. The van der Waals surface area contributed by atoms with Gasteiger partial charge in [0.15, 0.2) is 5.82 Å². The molecule has 1 aliphatic heterocycles. The van der Waals surface area contributed by atoms with Crippen molar-refractivity contribution in [2.75, 3.05) is 0 Å². The molecule has 0 saturated carbocycles. The molecule has 11 rings (SSSR count). The summed E-state index contributed by atoms with van der Waals surface area (Å²) in [5.74, 6) is 0.716. The molecule has 8 aromatic carbocycles. The summed E-state index contributed by atoms with van der Waals surface area (Å²) in [7, 11) is 0. The van der Waals surface area contributed by atoms with Crippen LogP contribution in [0.3, 0.4) is 0 Å². The normalized spacial score (nSPS) is 12.2. The lowest BCUT2D eigenvalue weighted by Gasteiger charge is -2.22. The van der Waals surface area contributed by atoms with Gasteiger partial charge in [0.25, 0.3) is 0 Å². The summed E-state index contributed by atoms with van der Waals surface area (Å²) < 4.78 is 2.48. The van der Waals surface area contributed by atoms with Crippen LogP contribution in [0.4, 0.5) is 0 Å². The van der Waals surface area contributed by atoms with E-state index in [0.29, 0.717) is 5.82 Å². The first-order valence-electron chi connectivity index (χ1n) is 18.4. The Morgan fingerprint density at radius 2 is 0.945 bits per heavy atom. The predicted molar refractivity (Wildman–Crippen MR) is 230 cm³/mol. The SMILES string of the molecule is c1ccc(-c2cc(-c3cccc(-c4ccc(-n5c6ccccc6c6c7ccccc7c7c(c65)Sc5ccccc5S7)cc4)c3)nc(-c3ccccc3)n2)cc1. The zero-order valence-corrected chi connectivity index (χ0v) is 31.2. The Hall–Kier alpha value is -6.40. The fourth-order valence-corrected chi connectivity index (χ4v) is 10.4. The van der Waals surface area contributed by atoms with E-state index in [9.17, 15) is 0 Å². The maximum Gasteiger partial charge on any atom is 0.160 e. The molecular formula is C50H31N3S2. The van der Waals surface area contributed by atoms with Crippen LogP contribution >= 0.6 is 23.5 Å². The third-order valence-corrected chi connectivity index (χ3v) is 13.1. The smallest absolute Gasteiger partial charge is 0.160 e. The van der Waals surface area contributed by atoms with Gasteiger partial charge in [-0.3, -0.25) is 0 Å². The lowest BCUT2D eigenvalue weighted by atomic mass is 10.00. The third-order valence-electron chi connectivity index (χ3n) is 10.5. The Labute approximate surface area is 327 Å². The predicted octanol–water partition coefficient (Wildman–Crippen LogP) is 14.0. The Kier molecular flexibility index (Phi) is 7.68. The van der Waals surface area contributed by atoms with Gasteiger partial charge in [-0.25, -0.2) is 9.97 Å². The van der Waals surface area contributed by atoms with Crippen LogP contribution in [0.5, 0.6) is 0 Å². The Bertz CT molecular complexity index is 3020. The van der Waals surface area contributed by atoms with Crippen molar-refractivity contribution >= 4 is 56.1 Å². The minimum absolute atomic E-state index is 0.716. The number of hydrogen-bond acceptors (Lipinski definition) is 4. The molecule has 0 fully saturated rings. The molecule has 55 heavy (non-hydrogen) atoms. The number of fused-ring (bicyclic) bond motifs is 9. The topological polar surface area (TPSA) is 30.7 Å². The first kappa shape index (κ1) is 32.1. The van der Waals surface area contributed by atoms with Gasteiger partial charge in [-0.15, -0.1) is 0 Å². The second kappa shape index (κ2) is 13.2. The highest BCUT2D eigenvalue weighted by atomic mass is 32.2. The van der Waals surface area contributed by atoms with E-state index in [2.05, 4.69) is 168 Å². The number of nitrogens with zero attached hydrogens (tertiary/aromatic N) is 3. The summed E-state index contributed by atoms with van der Waals surface area (Å²) >= 11 is 3.79. The van der Waals surface area contributed by atoms with Crippen molar-refractivity contribution in [3.05, 3.63) is 188 Å². The van der Waals surface area contributed by atoms with Gasteiger partial charge < -0.3 is 4.57 Å². The molecule has 258 valence electrons. The van der Waals surface area contributed by atoms with Crippen LogP contribution in [0.25, 0.3) is 83.3 Å². The molecule has 0 amide bonds. The zero-order chi connectivity index (χ0) is 36.3. The second-order valence-electron chi connectivity index (χ2n) is 13.8. The van der Waals surface area contributed by atoms with E-state index in [1.165, 1.54) is 52.2 Å². The molecule has 5 heteroatoms. The van der Waals surface area contributed by atoms with Crippen LogP contribution in [0.1, 0.15) is 0 Å². The van der Waals surface area contributed by atoms with Crippen LogP contribution in [0, 0.1) is 0 Å². The highest BCUT2D eigenvalue weighted by Crippen LogP contribution is 2.55. The number of benzene rings is 8. The zero-order valence-electron chi connectivity index (χ0n) is 29.6. The molecule has 10 aromatic rings. The van der Waals surface area contributed by atoms with E-state index in [-0.39, 0.29) is 0 Å². The van der Waals surface area contributed by atoms with Crippen molar-refractivity contribution in [1.29, 1.82) is 0 Å². The van der Waals surface area contributed by atoms with Crippen LogP contribution in [-0.4, -0.2) is 14.5 Å². The van der Waals surface area contributed by atoms with Crippen molar-refractivity contribution in [2.45, 2.75) is 19.6 Å². The number of hydrogen-bond donors (Lipinski definition) is 0. The van der Waals surface area contributed by atoms with Gasteiger partial charge in [-0.05, 0) is 64.4 Å². The number of rotatable bonds is 5. The average molecular weight is 738 g/mol. The van der Waals surface area contributed by atoms with Gasteiger partial charge in [0, 0.05) is 47.8 Å². The highest BCUT2D eigenvalue weighted by molar-refractivity contribution is 8.05. The maximum atomic E-state index is 5.09. The molecule has 0 bridgehead atoms. The molecule has 1 aliphatic rings. The summed E-state index contributed by atoms with van der Waals surface area (Å²) in [6.07, 6.45) is 0. The molecule has 0 aliphatic carbocycles. The Morgan fingerprint density at radius 1 is 0.382 bits per heavy atom. The summed E-state index contributed by atoms with van der Waals surface area (Å²) in [5, 5.41) is 5.18. The van der Waals surface area contributed by atoms with Gasteiger partial charge in [0.1, 0.15) is 0 Å².